The first-order valence-corrected chi connectivity index (χ1v) is 13.7. The molecular formula is C25H32N4O4S. The first-order valence-electron chi connectivity index (χ1n) is 12.1. The average Bonchev–Trinajstić information content (AvgIpc) is 3.13. The Morgan fingerprint density at radius 3 is 2.68 bits per heavy atom. The van der Waals surface area contributed by atoms with Crippen molar-refractivity contribution in [2.45, 2.75) is 55.8 Å². The number of ether oxygens (including phenoxy) is 1. The number of nitrogens with one attached hydrogen (secondary N) is 3. The summed E-state index contributed by atoms with van der Waals surface area (Å²) in [5.41, 5.74) is 3.31. The first-order chi connectivity index (χ1) is 16.5. The number of hydrogen-bond acceptors (Lipinski definition) is 6. The van der Waals surface area contributed by atoms with Crippen molar-refractivity contribution in [3.63, 3.8) is 0 Å². The van der Waals surface area contributed by atoms with E-state index in [1.54, 1.807) is 24.3 Å². The summed E-state index contributed by atoms with van der Waals surface area (Å²) in [5.74, 6) is 1.37. The van der Waals surface area contributed by atoms with Crippen molar-refractivity contribution in [3.8, 4) is 5.75 Å². The topological polar surface area (TPSA) is 116 Å². The molecule has 0 bridgehead atoms. The number of aliphatic hydroxyl groups is 1. The summed E-state index contributed by atoms with van der Waals surface area (Å²) in [6.45, 7) is 1.37. The molecule has 2 aliphatic carbocycles. The molecule has 34 heavy (non-hydrogen) atoms. The third-order valence-corrected chi connectivity index (χ3v) is 8.83. The van der Waals surface area contributed by atoms with Gasteiger partial charge in [0.1, 0.15) is 12.4 Å². The van der Waals surface area contributed by atoms with Crippen molar-refractivity contribution >= 4 is 26.6 Å². The number of rotatable bonds is 11. The number of aromatic amines is 1. The van der Waals surface area contributed by atoms with E-state index < -0.39 is 16.1 Å². The molecule has 0 saturated heterocycles. The number of aliphatic hydroxyl groups excluding tert-OH is 1. The van der Waals surface area contributed by atoms with E-state index in [4.69, 9.17) is 4.74 Å². The number of benzene rings is 2. The van der Waals surface area contributed by atoms with Gasteiger partial charge in [-0.15, -0.1) is 0 Å². The van der Waals surface area contributed by atoms with Gasteiger partial charge in [-0.3, -0.25) is 9.82 Å². The molecule has 2 aliphatic rings. The summed E-state index contributed by atoms with van der Waals surface area (Å²) in [6, 6.07) is 13.0. The molecule has 0 aliphatic heterocycles. The Morgan fingerprint density at radius 1 is 1.12 bits per heavy atom. The lowest BCUT2D eigenvalue weighted by atomic mass is 9.82. The summed E-state index contributed by atoms with van der Waals surface area (Å²) < 4.78 is 33.2. The molecule has 0 spiro atoms. The molecule has 2 aromatic carbocycles. The van der Waals surface area contributed by atoms with Crippen LogP contribution in [-0.4, -0.2) is 48.7 Å². The summed E-state index contributed by atoms with van der Waals surface area (Å²) >= 11 is 0. The Labute approximate surface area is 200 Å². The lowest BCUT2D eigenvalue weighted by Gasteiger charge is -2.25. The van der Waals surface area contributed by atoms with E-state index in [1.807, 2.05) is 12.1 Å². The van der Waals surface area contributed by atoms with Crippen LogP contribution in [0.5, 0.6) is 5.75 Å². The number of H-pyrrole nitrogens is 1. The van der Waals surface area contributed by atoms with Crippen LogP contribution in [0.15, 0.2) is 42.5 Å². The third kappa shape index (κ3) is 5.06. The maximum Gasteiger partial charge on any atom is 0.235 e. The fourth-order valence-corrected chi connectivity index (χ4v) is 6.01. The molecule has 2 fully saturated rings. The van der Waals surface area contributed by atoms with Crippen LogP contribution in [-0.2, 0) is 10.0 Å². The molecule has 182 valence electrons. The van der Waals surface area contributed by atoms with Crippen LogP contribution in [0.3, 0.4) is 0 Å². The van der Waals surface area contributed by atoms with Gasteiger partial charge in [0.25, 0.3) is 0 Å². The van der Waals surface area contributed by atoms with Crippen LogP contribution in [0.2, 0.25) is 0 Å². The second-order valence-electron chi connectivity index (χ2n) is 9.34. The van der Waals surface area contributed by atoms with E-state index in [-0.39, 0.29) is 5.25 Å². The quantitative estimate of drug-likeness (QED) is 0.308. The Morgan fingerprint density at radius 2 is 1.94 bits per heavy atom. The standard InChI is InChI=1S/C25H32N4O4S/c30-24(18-6-2-7-19(14-18)29-34(31,32)21-8-3-9-21)16-26-12-13-33-20-10-11-22-23(15-20)27-28-25(22)17-4-1-5-17/h2,6-7,10-11,14-15,17,21,24,26,29-30H,1,3-5,8-9,12-13,16H2,(H,27,28)/t24-/m0/s1. The van der Waals surface area contributed by atoms with Crippen LogP contribution in [0, 0.1) is 0 Å². The van der Waals surface area contributed by atoms with Crippen molar-refractivity contribution < 1.29 is 18.3 Å². The molecule has 4 N–H and O–H groups in total. The van der Waals surface area contributed by atoms with Gasteiger partial charge in [0, 0.05) is 36.1 Å². The SMILES string of the molecule is O=S(=O)(Nc1cccc([C@@H](O)CNCCOc2ccc3c(C4CCC4)n[nH]c3c2)c1)C1CCC1. The minimum atomic E-state index is -3.36. The zero-order chi connectivity index (χ0) is 23.5. The van der Waals surface area contributed by atoms with Crippen LogP contribution >= 0.6 is 0 Å². The minimum Gasteiger partial charge on any atom is -0.492 e. The van der Waals surface area contributed by atoms with E-state index in [2.05, 4.69) is 26.3 Å². The van der Waals surface area contributed by atoms with Crippen molar-refractivity contribution in [1.29, 1.82) is 0 Å². The van der Waals surface area contributed by atoms with E-state index in [9.17, 15) is 13.5 Å². The van der Waals surface area contributed by atoms with Crippen molar-refractivity contribution in [3.05, 3.63) is 53.7 Å². The molecule has 1 heterocycles. The molecule has 9 heteroatoms. The van der Waals surface area contributed by atoms with Crippen LogP contribution in [0.1, 0.15) is 61.8 Å². The monoisotopic (exact) mass is 484 g/mol. The first kappa shape index (κ1) is 23.1. The summed E-state index contributed by atoms with van der Waals surface area (Å²) in [6.07, 6.45) is 5.35. The van der Waals surface area contributed by atoms with Crippen LogP contribution < -0.4 is 14.8 Å². The van der Waals surface area contributed by atoms with Gasteiger partial charge in [-0.2, -0.15) is 5.10 Å². The van der Waals surface area contributed by atoms with Crippen LogP contribution in [0.4, 0.5) is 5.69 Å². The molecule has 1 atom stereocenters. The summed E-state index contributed by atoms with van der Waals surface area (Å²) in [7, 11) is -3.36. The Balaban J connectivity index is 1.07. The van der Waals surface area contributed by atoms with Gasteiger partial charge in [-0.05, 0) is 55.5 Å². The van der Waals surface area contributed by atoms with Gasteiger partial charge in [0.2, 0.25) is 10.0 Å². The van der Waals surface area contributed by atoms with E-state index in [1.165, 1.54) is 30.3 Å². The predicted octanol–water partition coefficient (Wildman–Crippen LogP) is 3.83. The van der Waals surface area contributed by atoms with E-state index >= 15 is 0 Å². The second kappa shape index (κ2) is 9.93. The molecule has 8 nitrogen and oxygen atoms in total. The Hall–Kier alpha value is -2.62. The van der Waals surface area contributed by atoms with Crippen LogP contribution in [0.25, 0.3) is 10.9 Å². The van der Waals surface area contributed by atoms with Gasteiger partial charge < -0.3 is 15.2 Å². The molecule has 1 aromatic heterocycles. The number of anilines is 1. The largest absolute Gasteiger partial charge is 0.492 e. The van der Waals surface area contributed by atoms with E-state index in [0.717, 1.165) is 17.7 Å². The minimum absolute atomic E-state index is 0.304. The molecule has 5 rings (SSSR count). The number of fused-ring (bicyclic) bond motifs is 1. The van der Waals surface area contributed by atoms with Crippen molar-refractivity contribution in [2.75, 3.05) is 24.4 Å². The molecule has 2 saturated carbocycles. The number of aromatic nitrogens is 2. The lowest BCUT2D eigenvalue weighted by molar-refractivity contribution is 0.172. The third-order valence-electron chi connectivity index (χ3n) is 6.96. The number of nitrogens with zero attached hydrogens (tertiary/aromatic N) is 1. The lowest BCUT2D eigenvalue weighted by Crippen LogP contribution is -2.33. The van der Waals surface area contributed by atoms with Gasteiger partial charge in [0.15, 0.2) is 0 Å². The smallest absolute Gasteiger partial charge is 0.235 e. The molecule has 3 aromatic rings. The Kier molecular flexibility index (Phi) is 6.76. The van der Waals surface area contributed by atoms with E-state index in [0.29, 0.717) is 49.7 Å². The fraction of sp³-hybridized carbons (Fsp3) is 0.480. The maximum absolute atomic E-state index is 12.3. The zero-order valence-electron chi connectivity index (χ0n) is 19.2. The highest BCUT2D eigenvalue weighted by Crippen LogP contribution is 2.38. The van der Waals surface area contributed by atoms with Gasteiger partial charge in [-0.1, -0.05) is 25.0 Å². The number of sulfonamides is 1. The van der Waals surface area contributed by atoms with Crippen molar-refractivity contribution in [2.24, 2.45) is 0 Å². The fourth-order valence-electron chi connectivity index (χ4n) is 4.44. The highest BCUT2D eigenvalue weighted by molar-refractivity contribution is 7.93. The van der Waals surface area contributed by atoms with Gasteiger partial charge in [-0.25, -0.2) is 8.42 Å². The van der Waals surface area contributed by atoms with Crippen molar-refractivity contribution in [1.82, 2.24) is 15.5 Å². The Bertz CT molecular complexity index is 1230. The van der Waals surface area contributed by atoms with Gasteiger partial charge in [0.05, 0.1) is 22.6 Å². The molecular weight excluding hydrogens is 452 g/mol. The highest BCUT2D eigenvalue weighted by Gasteiger charge is 2.31. The zero-order valence-corrected chi connectivity index (χ0v) is 20.0. The van der Waals surface area contributed by atoms with Gasteiger partial charge >= 0.3 is 0 Å². The summed E-state index contributed by atoms with van der Waals surface area (Å²) in [4.78, 5) is 0. The average molecular weight is 485 g/mol. The maximum atomic E-state index is 12.3. The molecule has 0 amide bonds. The normalized spacial score (nSPS) is 17.8. The predicted molar refractivity (Wildman–Crippen MR) is 133 cm³/mol. The number of hydrogen-bond donors (Lipinski definition) is 4. The highest BCUT2D eigenvalue weighted by atomic mass is 32.2. The summed E-state index contributed by atoms with van der Waals surface area (Å²) in [5, 5.41) is 22.2. The second-order valence-corrected chi connectivity index (χ2v) is 11.3. The molecule has 0 radical (unpaired) electrons. The molecule has 0 unspecified atom stereocenters.